The number of hydrogen-bond donors (Lipinski definition) is 1. The number of rotatable bonds is 2. The first kappa shape index (κ1) is 10.1. The molecule has 1 fully saturated rings. The first-order valence-corrected chi connectivity index (χ1v) is 3.28. The molecule has 0 radical (unpaired) electrons. The molecule has 1 nitrogen and oxygen atoms in total. The van der Waals surface area contributed by atoms with E-state index in [4.69, 9.17) is 0 Å². The molecule has 0 spiro atoms. The molecule has 0 bridgehead atoms. The van der Waals surface area contributed by atoms with Gasteiger partial charge in [-0.2, -0.15) is 0 Å². The van der Waals surface area contributed by atoms with Gasteiger partial charge in [-0.05, 0) is 25.4 Å². The number of alkyl halides is 2. The average Bonchev–Trinajstić information content (AvgIpc) is 2.15. The molecular formula is C6H12ClF2N. The fourth-order valence-corrected chi connectivity index (χ4v) is 1.17. The molecule has 10 heavy (non-hydrogen) atoms. The van der Waals surface area contributed by atoms with E-state index < -0.39 is 6.43 Å². The summed E-state index contributed by atoms with van der Waals surface area (Å²) in [5, 5.41) is 3.04. The molecule has 1 heterocycles. The monoisotopic (exact) mass is 171 g/mol. The Hall–Kier alpha value is 0.110. The number of halogens is 3. The van der Waals surface area contributed by atoms with E-state index in [-0.39, 0.29) is 24.7 Å². The predicted octanol–water partition coefficient (Wildman–Crippen LogP) is 1.67. The molecule has 0 aromatic carbocycles. The van der Waals surface area contributed by atoms with Crippen LogP contribution >= 0.6 is 12.4 Å². The summed E-state index contributed by atoms with van der Waals surface area (Å²) in [4.78, 5) is 0. The maximum Gasteiger partial charge on any atom is 0.238 e. The van der Waals surface area contributed by atoms with E-state index in [1.807, 2.05) is 0 Å². The highest BCUT2D eigenvalue weighted by Gasteiger charge is 2.18. The highest BCUT2D eigenvalue weighted by molar-refractivity contribution is 5.85. The maximum absolute atomic E-state index is 11.7. The zero-order chi connectivity index (χ0) is 6.69. The van der Waals surface area contributed by atoms with Crippen LogP contribution in [0.1, 0.15) is 12.8 Å². The molecule has 0 aromatic rings. The standard InChI is InChI=1S/C6H11F2N.ClH/c7-6(8)3-5-1-2-9-4-5;/h5-6,9H,1-4H2;1H. The molecule has 0 saturated carbocycles. The fourth-order valence-electron chi connectivity index (χ4n) is 1.17. The van der Waals surface area contributed by atoms with Gasteiger partial charge >= 0.3 is 0 Å². The Morgan fingerprint density at radius 2 is 2.20 bits per heavy atom. The van der Waals surface area contributed by atoms with Crippen molar-refractivity contribution in [1.29, 1.82) is 0 Å². The molecule has 1 N–H and O–H groups in total. The van der Waals surface area contributed by atoms with Crippen LogP contribution in [0.25, 0.3) is 0 Å². The van der Waals surface area contributed by atoms with Gasteiger partial charge in [0.2, 0.25) is 6.43 Å². The van der Waals surface area contributed by atoms with E-state index in [9.17, 15) is 8.78 Å². The van der Waals surface area contributed by atoms with E-state index in [0.717, 1.165) is 19.5 Å². The lowest BCUT2D eigenvalue weighted by atomic mass is 10.1. The molecule has 1 rings (SSSR count). The summed E-state index contributed by atoms with van der Waals surface area (Å²) in [6.45, 7) is 1.70. The maximum atomic E-state index is 11.7. The van der Waals surface area contributed by atoms with Crippen LogP contribution in [0.2, 0.25) is 0 Å². The van der Waals surface area contributed by atoms with Gasteiger partial charge in [-0.3, -0.25) is 0 Å². The van der Waals surface area contributed by atoms with Crippen molar-refractivity contribution >= 4 is 12.4 Å². The van der Waals surface area contributed by atoms with Crippen molar-refractivity contribution < 1.29 is 8.78 Å². The van der Waals surface area contributed by atoms with Gasteiger partial charge in [-0.1, -0.05) is 0 Å². The normalized spacial score (nSPS) is 24.9. The van der Waals surface area contributed by atoms with Gasteiger partial charge in [0, 0.05) is 6.42 Å². The van der Waals surface area contributed by atoms with Crippen LogP contribution in [0, 0.1) is 5.92 Å². The molecule has 0 amide bonds. The van der Waals surface area contributed by atoms with Crippen molar-refractivity contribution in [2.75, 3.05) is 13.1 Å². The zero-order valence-corrected chi connectivity index (χ0v) is 6.46. The summed E-state index contributed by atoms with van der Waals surface area (Å²) in [6.07, 6.45) is -1.12. The van der Waals surface area contributed by atoms with Crippen molar-refractivity contribution in [2.45, 2.75) is 19.3 Å². The van der Waals surface area contributed by atoms with Crippen molar-refractivity contribution in [3.63, 3.8) is 0 Å². The van der Waals surface area contributed by atoms with Gasteiger partial charge in [0.1, 0.15) is 0 Å². The number of hydrogen-bond acceptors (Lipinski definition) is 1. The molecule has 0 aromatic heterocycles. The summed E-state index contributed by atoms with van der Waals surface area (Å²) >= 11 is 0. The van der Waals surface area contributed by atoms with Crippen molar-refractivity contribution in [1.82, 2.24) is 5.32 Å². The Morgan fingerprint density at radius 1 is 1.50 bits per heavy atom. The van der Waals surface area contributed by atoms with E-state index >= 15 is 0 Å². The minimum absolute atomic E-state index is 0. The van der Waals surface area contributed by atoms with E-state index in [2.05, 4.69) is 5.32 Å². The topological polar surface area (TPSA) is 12.0 Å². The van der Waals surface area contributed by atoms with Gasteiger partial charge in [-0.15, -0.1) is 12.4 Å². The third kappa shape index (κ3) is 3.32. The summed E-state index contributed by atoms with van der Waals surface area (Å²) in [6, 6.07) is 0. The summed E-state index contributed by atoms with van der Waals surface area (Å²) in [5.41, 5.74) is 0. The fraction of sp³-hybridized carbons (Fsp3) is 1.00. The van der Waals surface area contributed by atoms with Gasteiger partial charge in [0.05, 0.1) is 0 Å². The quantitative estimate of drug-likeness (QED) is 0.667. The highest BCUT2D eigenvalue weighted by atomic mass is 35.5. The second-order valence-corrected chi connectivity index (χ2v) is 2.49. The molecule has 1 aliphatic heterocycles. The van der Waals surface area contributed by atoms with E-state index in [1.165, 1.54) is 0 Å². The van der Waals surface area contributed by atoms with E-state index in [1.54, 1.807) is 0 Å². The van der Waals surface area contributed by atoms with Crippen LogP contribution in [0.3, 0.4) is 0 Å². The van der Waals surface area contributed by atoms with Crippen molar-refractivity contribution in [3.8, 4) is 0 Å². The second kappa shape index (κ2) is 4.85. The summed E-state index contributed by atoms with van der Waals surface area (Å²) in [7, 11) is 0. The molecule has 1 aliphatic rings. The predicted molar refractivity (Wildman–Crippen MR) is 38.8 cm³/mol. The highest BCUT2D eigenvalue weighted by Crippen LogP contribution is 2.16. The van der Waals surface area contributed by atoms with E-state index in [0.29, 0.717) is 0 Å². The SMILES string of the molecule is Cl.FC(F)CC1CCNC1. The van der Waals surface area contributed by atoms with Gasteiger partial charge < -0.3 is 5.32 Å². The van der Waals surface area contributed by atoms with Gasteiger partial charge in [0.25, 0.3) is 0 Å². The molecule has 1 unspecified atom stereocenters. The number of nitrogens with one attached hydrogen (secondary N) is 1. The van der Waals surface area contributed by atoms with Crippen LogP contribution < -0.4 is 5.32 Å². The van der Waals surface area contributed by atoms with Crippen LogP contribution in [0.4, 0.5) is 8.78 Å². The summed E-state index contributed by atoms with van der Waals surface area (Å²) < 4.78 is 23.3. The van der Waals surface area contributed by atoms with Crippen molar-refractivity contribution in [2.24, 2.45) is 5.92 Å². The Kier molecular flexibility index (Phi) is 4.91. The third-order valence-corrected chi connectivity index (χ3v) is 1.67. The van der Waals surface area contributed by atoms with Gasteiger partial charge in [0.15, 0.2) is 0 Å². The lowest BCUT2D eigenvalue weighted by Gasteiger charge is -2.04. The van der Waals surface area contributed by atoms with Crippen LogP contribution in [0.5, 0.6) is 0 Å². The third-order valence-electron chi connectivity index (χ3n) is 1.67. The molecule has 4 heteroatoms. The largest absolute Gasteiger partial charge is 0.316 e. The minimum atomic E-state index is -2.12. The molecule has 1 atom stereocenters. The average molecular weight is 172 g/mol. The molecule has 1 saturated heterocycles. The molecular weight excluding hydrogens is 160 g/mol. The Bertz CT molecular complexity index is 83.8. The lowest BCUT2D eigenvalue weighted by molar-refractivity contribution is 0.118. The molecule has 62 valence electrons. The summed E-state index contributed by atoms with van der Waals surface area (Å²) in [5.74, 6) is 0.227. The smallest absolute Gasteiger partial charge is 0.238 e. The second-order valence-electron chi connectivity index (χ2n) is 2.49. The first-order chi connectivity index (χ1) is 4.29. The Morgan fingerprint density at radius 3 is 2.60 bits per heavy atom. The molecule has 0 aliphatic carbocycles. The Labute approximate surface area is 65.6 Å². The van der Waals surface area contributed by atoms with Crippen LogP contribution in [-0.2, 0) is 0 Å². The zero-order valence-electron chi connectivity index (χ0n) is 5.65. The lowest BCUT2D eigenvalue weighted by Crippen LogP contribution is -2.11. The Balaban J connectivity index is 0.000000810. The van der Waals surface area contributed by atoms with Gasteiger partial charge in [-0.25, -0.2) is 8.78 Å². The van der Waals surface area contributed by atoms with Crippen LogP contribution in [-0.4, -0.2) is 19.5 Å². The minimum Gasteiger partial charge on any atom is -0.316 e. The van der Waals surface area contributed by atoms with Crippen LogP contribution in [0.15, 0.2) is 0 Å². The van der Waals surface area contributed by atoms with Crippen molar-refractivity contribution in [3.05, 3.63) is 0 Å². The first-order valence-electron chi connectivity index (χ1n) is 3.28.